The average molecular weight is 495 g/mol. The van der Waals surface area contributed by atoms with Crippen molar-refractivity contribution >= 4 is 52.9 Å². The number of halogens is 2. The second kappa shape index (κ2) is 10.8. The Morgan fingerprint density at radius 2 is 2.24 bits per heavy atom. The quantitative estimate of drug-likeness (QED) is 0.372. The molecule has 1 unspecified atom stereocenters. The Labute approximate surface area is 175 Å². The van der Waals surface area contributed by atoms with Gasteiger partial charge in [-0.3, -0.25) is 4.99 Å². The van der Waals surface area contributed by atoms with Crippen LogP contribution in [0.3, 0.4) is 0 Å². The highest BCUT2D eigenvalue weighted by Crippen LogP contribution is 2.18. The first kappa shape index (κ1) is 22.0. The van der Waals surface area contributed by atoms with E-state index in [1.807, 2.05) is 50.1 Å². The average Bonchev–Trinajstić information content (AvgIpc) is 2.93. The maximum atomic E-state index is 5.97. The minimum atomic E-state index is -0.0184. The number of aromatic nitrogens is 1. The van der Waals surface area contributed by atoms with E-state index in [2.05, 4.69) is 20.7 Å². The van der Waals surface area contributed by atoms with Crippen LogP contribution in [-0.2, 0) is 6.54 Å². The molecule has 0 aliphatic carbocycles. The van der Waals surface area contributed by atoms with Gasteiger partial charge in [0.25, 0.3) is 0 Å². The van der Waals surface area contributed by atoms with Crippen LogP contribution in [0.4, 0.5) is 0 Å². The predicted octanol–water partition coefficient (Wildman–Crippen LogP) is 4.20. The van der Waals surface area contributed by atoms with Crippen LogP contribution in [0.15, 0.2) is 34.6 Å². The summed E-state index contributed by atoms with van der Waals surface area (Å²) in [6.07, 6.45) is -0.0184. The van der Waals surface area contributed by atoms with Gasteiger partial charge in [0.2, 0.25) is 0 Å². The zero-order chi connectivity index (χ0) is 17.5. The summed E-state index contributed by atoms with van der Waals surface area (Å²) in [4.78, 5) is 10.8. The second-order valence-electron chi connectivity index (χ2n) is 5.53. The molecule has 2 rings (SSSR count). The van der Waals surface area contributed by atoms with E-state index in [9.17, 15) is 0 Å². The highest BCUT2D eigenvalue weighted by Gasteiger charge is 2.11. The molecule has 1 atom stereocenters. The lowest BCUT2D eigenvalue weighted by Crippen LogP contribution is -2.42. The molecule has 0 aliphatic rings. The van der Waals surface area contributed by atoms with Crippen molar-refractivity contribution in [2.45, 2.75) is 26.5 Å². The molecule has 0 saturated carbocycles. The van der Waals surface area contributed by atoms with Crippen molar-refractivity contribution in [1.29, 1.82) is 0 Å². The summed E-state index contributed by atoms with van der Waals surface area (Å²) in [5, 5.41) is 7.14. The lowest BCUT2D eigenvalue weighted by atomic mass is 10.3. The van der Waals surface area contributed by atoms with Crippen LogP contribution in [0, 0.1) is 6.92 Å². The molecule has 1 heterocycles. The van der Waals surface area contributed by atoms with Crippen LogP contribution in [0.5, 0.6) is 5.75 Å². The Morgan fingerprint density at radius 3 is 2.84 bits per heavy atom. The number of ether oxygens (including phenoxy) is 1. The van der Waals surface area contributed by atoms with Gasteiger partial charge in [0, 0.05) is 24.5 Å². The van der Waals surface area contributed by atoms with Crippen molar-refractivity contribution in [1.82, 2.24) is 15.2 Å². The maximum Gasteiger partial charge on any atom is 0.193 e. The summed E-state index contributed by atoms with van der Waals surface area (Å²) in [5.74, 6) is 1.57. The third kappa shape index (κ3) is 7.37. The lowest BCUT2D eigenvalue weighted by molar-refractivity contribution is 0.222. The van der Waals surface area contributed by atoms with Crippen molar-refractivity contribution in [3.63, 3.8) is 0 Å². The number of nitrogens with zero attached hydrogens (tertiary/aromatic N) is 3. The molecule has 1 aromatic heterocycles. The number of guanidine groups is 1. The Kier molecular flexibility index (Phi) is 9.52. The van der Waals surface area contributed by atoms with Crippen LogP contribution in [-0.4, -0.2) is 42.6 Å². The highest BCUT2D eigenvalue weighted by molar-refractivity contribution is 14.0. The molecule has 0 aliphatic heterocycles. The molecule has 0 bridgehead atoms. The fourth-order valence-electron chi connectivity index (χ4n) is 2.23. The van der Waals surface area contributed by atoms with E-state index in [1.54, 1.807) is 18.4 Å². The van der Waals surface area contributed by atoms with E-state index in [4.69, 9.17) is 16.3 Å². The monoisotopic (exact) mass is 494 g/mol. The summed E-state index contributed by atoms with van der Waals surface area (Å²) < 4.78 is 5.86. The topological polar surface area (TPSA) is 49.8 Å². The largest absolute Gasteiger partial charge is 0.489 e. The molecular weight excluding hydrogens is 471 g/mol. The van der Waals surface area contributed by atoms with Gasteiger partial charge in [-0.2, -0.15) is 0 Å². The van der Waals surface area contributed by atoms with E-state index in [0.29, 0.717) is 18.1 Å². The summed E-state index contributed by atoms with van der Waals surface area (Å²) in [6, 6.07) is 7.41. The number of hydrogen-bond acceptors (Lipinski definition) is 4. The number of nitrogens with one attached hydrogen (secondary N) is 1. The van der Waals surface area contributed by atoms with E-state index in [1.165, 1.54) is 0 Å². The van der Waals surface area contributed by atoms with Crippen molar-refractivity contribution in [3.8, 4) is 5.75 Å². The Hall–Kier alpha value is -1.06. The molecule has 1 aromatic carbocycles. The number of rotatable bonds is 6. The Bertz CT molecular complexity index is 695. The predicted molar refractivity (Wildman–Crippen MR) is 117 cm³/mol. The first-order valence-electron chi connectivity index (χ1n) is 7.73. The molecule has 1 N–H and O–H groups in total. The smallest absolute Gasteiger partial charge is 0.193 e. The van der Waals surface area contributed by atoms with Gasteiger partial charge >= 0.3 is 0 Å². The SMILES string of the molecule is CN=C(NCC(C)Oc1cccc(Cl)c1)N(C)Cc1csc(C)n1.I. The summed E-state index contributed by atoms with van der Waals surface area (Å²) in [6.45, 7) is 5.37. The highest BCUT2D eigenvalue weighted by atomic mass is 127. The van der Waals surface area contributed by atoms with Gasteiger partial charge in [0.05, 0.1) is 23.8 Å². The van der Waals surface area contributed by atoms with Gasteiger partial charge in [-0.25, -0.2) is 4.98 Å². The minimum Gasteiger partial charge on any atom is -0.489 e. The standard InChI is InChI=1S/C17H23ClN4OS.HI/c1-12(23-16-7-5-6-14(18)8-16)9-20-17(19-3)22(4)10-15-11-24-13(2)21-15;/h5-8,11-12H,9-10H2,1-4H3,(H,19,20);1H. The van der Waals surface area contributed by atoms with Crippen molar-refractivity contribution in [3.05, 3.63) is 45.4 Å². The van der Waals surface area contributed by atoms with Gasteiger partial charge in [0.1, 0.15) is 11.9 Å². The van der Waals surface area contributed by atoms with Crippen LogP contribution in [0.25, 0.3) is 0 Å². The van der Waals surface area contributed by atoms with Crippen LogP contribution in [0.1, 0.15) is 17.6 Å². The molecule has 5 nitrogen and oxygen atoms in total. The van der Waals surface area contributed by atoms with Gasteiger partial charge in [-0.05, 0) is 32.0 Å². The zero-order valence-electron chi connectivity index (χ0n) is 14.8. The number of thiazole rings is 1. The number of benzene rings is 1. The van der Waals surface area contributed by atoms with E-state index >= 15 is 0 Å². The molecule has 138 valence electrons. The lowest BCUT2D eigenvalue weighted by Gasteiger charge is -2.23. The summed E-state index contributed by atoms with van der Waals surface area (Å²) >= 11 is 7.63. The van der Waals surface area contributed by atoms with E-state index in [-0.39, 0.29) is 30.1 Å². The molecule has 0 saturated heterocycles. The number of aliphatic imine (C=N–C) groups is 1. The third-order valence-corrected chi connectivity index (χ3v) is 4.38. The fraction of sp³-hybridized carbons (Fsp3) is 0.412. The van der Waals surface area contributed by atoms with Gasteiger partial charge in [-0.15, -0.1) is 35.3 Å². The summed E-state index contributed by atoms with van der Waals surface area (Å²) in [5.41, 5.74) is 1.05. The van der Waals surface area contributed by atoms with Crippen LogP contribution in [0.2, 0.25) is 5.02 Å². The summed E-state index contributed by atoms with van der Waals surface area (Å²) in [7, 11) is 3.76. The molecule has 0 radical (unpaired) electrons. The molecule has 8 heteroatoms. The van der Waals surface area contributed by atoms with Crippen LogP contribution < -0.4 is 10.1 Å². The normalized spacial score (nSPS) is 12.3. The first-order chi connectivity index (χ1) is 11.5. The molecule has 0 fully saturated rings. The first-order valence-corrected chi connectivity index (χ1v) is 8.98. The number of hydrogen-bond donors (Lipinski definition) is 1. The van der Waals surface area contributed by atoms with Gasteiger partial charge in [0.15, 0.2) is 5.96 Å². The molecule has 0 amide bonds. The van der Waals surface area contributed by atoms with E-state index in [0.717, 1.165) is 22.4 Å². The zero-order valence-corrected chi connectivity index (χ0v) is 18.7. The molecule has 0 spiro atoms. The fourth-order valence-corrected chi connectivity index (χ4v) is 3.02. The van der Waals surface area contributed by atoms with Crippen molar-refractivity contribution in [2.75, 3.05) is 20.6 Å². The third-order valence-electron chi connectivity index (χ3n) is 3.32. The van der Waals surface area contributed by atoms with Crippen molar-refractivity contribution in [2.24, 2.45) is 4.99 Å². The van der Waals surface area contributed by atoms with Gasteiger partial charge in [-0.1, -0.05) is 17.7 Å². The minimum absolute atomic E-state index is 0. The second-order valence-corrected chi connectivity index (χ2v) is 7.03. The molecule has 25 heavy (non-hydrogen) atoms. The Morgan fingerprint density at radius 1 is 1.48 bits per heavy atom. The van der Waals surface area contributed by atoms with Crippen LogP contribution >= 0.6 is 46.9 Å². The van der Waals surface area contributed by atoms with Crippen molar-refractivity contribution < 1.29 is 4.74 Å². The molecule has 2 aromatic rings. The number of aryl methyl sites for hydroxylation is 1. The maximum absolute atomic E-state index is 5.97. The Balaban J connectivity index is 0.00000312. The van der Waals surface area contributed by atoms with Gasteiger partial charge < -0.3 is 15.0 Å². The van der Waals surface area contributed by atoms with E-state index < -0.39 is 0 Å². The molecular formula is C17H24ClIN4OS.